The molecular formula is C19H28N2O5S. The van der Waals surface area contributed by atoms with E-state index in [9.17, 15) is 18.0 Å². The molecule has 0 aliphatic carbocycles. The molecule has 0 bridgehead atoms. The van der Waals surface area contributed by atoms with E-state index in [1.807, 2.05) is 26.0 Å². The molecule has 1 aromatic carbocycles. The number of likely N-dealkylation sites (tertiary alicyclic amines) is 1. The van der Waals surface area contributed by atoms with Crippen LogP contribution in [0.2, 0.25) is 0 Å². The van der Waals surface area contributed by atoms with Gasteiger partial charge in [0.1, 0.15) is 0 Å². The minimum atomic E-state index is -3.69. The number of sulfonamides is 1. The van der Waals surface area contributed by atoms with Gasteiger partial charge in [-0.1, -0.05) is 24.6 Å². The van der Waals surface area contributed by atoms with Crippen LogP contribution in [0, 0.1) is 32.6 Å². The van der Waals surface area contributed by atoms with E-state index >= 15 is 0 Å². The molecule has 0 radical (unpaired) electrons. The number of carbonyl (C=O) groups is 2. The summed E-state index contributed by atoms with van der Waals surface area (Å²) in [7, 11) is -3.69. The first-order valence-corrected chi connectivity index (χ1v) is 10.6. The molecule has 8 heteroatoms. The van der Waals surface area contributed by atoms with Gasteiger partial charge in [0.25, 0.3) is 0 Å². The molecule has 0 saturated carbocycles. The van der Waals surface area contributed by atoms with Crippen molar-refractivity contribution < 1.29 is 23.1 Å². The third-order valence-electron chi connectivity index (χ3n) is 5.08. The van der Waals surface area contributed by atoms with Gasteiger partial charge in [0.05, 0.1) is 10.8 Å². The lowest BCUT2D eigenvalue weighted by Gasteiger charge is -2.35. The fourth-order valence-electron chi connectivity index (χ4n) is 3.85. The molecule has 1 heterocycles. The first-order chi connectivity index (χ1) is 12.5. The third kappa shape index (κ3) is 5.07. The standard InChI is InChI=1S/C19H28N2O5S/c1-12-9-13(2)18(14(3)10-12)27(25,26)20-7-5-17(22)21-8-6-16(19(23)24)15(4)11-21/h9-10,15-16,20H,5-8,11H2,1-4H3,(H,23,24). The van der Waals surface area contributed by atoms with Gasteiger partial charge in [0, 0.05) is 26.1 Å². The Morgan fingerprint density at radius 3 is 2.33 bits per heavy atom. The average molecular weight is 397 g/mol. The number of benzene rings is 1. The van der Waals surface area contributed by atoms with Gasteiger partial charge < -0.3 is 10.0 Å². The van der Waals surface area contributed by atoms with Gasteiger partial charge in [-0.3, -0.25) is 9.59 Å². The molecule has 0 spiro atoms. The Morgan fingerprint density at radius 2 is 1.81 bits per heavy atom. The lowest BCUT2D eigenvalue weighted by Crippen LogP contribution is -2.45. The minimum Gasteiger partial charge on any atom is -0.481 e. The van der Waals surface area contributed by atoms with E-state index in [4.69, 9.17) is 5.11 Å². The Bertz CT molecular complexity index is 811. The normalized spacial score (nSPS) is 20.5. The zero-order valence-corrected chi connectivity index (χ0v) is 17.1. The Hall–Kier alpha value is -1.93. The highest BCUT2D eigenvalue weighted by Crippen LogP contribution is 2.24. The molecule has 0 aromatic heterocycles. The van der Waals surface area contributed by atoms with E-state index < -0.39 is 21.9 Å². The summed E-state index contributed by atoms with van der Waals surface area (Å²) in [6.07, 6.45) is 0.476. The number of hydrogen-bond acceptors (Lipinski definition) is 4. The molecule has 1 saturated heterocycles. The molecule has 2 unspecified atom stereocenters. The number of rotatable bonds is 6. The number of nitrogens with zero attached hydrogens (tertiary/aromatic N) is 1. The molecule has 1 aromatic rings. The number of carboxylic acids is 1. The second-order valence-electron chi connectivity index (χ2n) is 7.43. The first-order valence-electron chi connectivity index (χ1n) is 9.11. The van der Waals surface area contributed by atoms with Gasteiger partial charge in [0.15, 0.2) is 0 Å². The number of piperidine rings is 1. The van der Waals surface area contributed by atoms with Crippen LogP contribution in [-0.2, 0) is 19.6 Å². The summed E-state index contributed by atoms with van der Waals surface area (Å²) in [5, 5.41) is 9.15. The van der Waals surface area contributed by atoms with Crippen LogP contribution in [0.15, 0.2) is 17.0 Å². The van der Waals surface area contributed by atoms with Gasteiger partial charge in [-0.25, -0.2) is 13.1 Å². The smallest absolute Gasteiger partial charge is 0.306 e. The molecule has 1 amide bonds. The van der Waals surface area contributed by atoms with Crippen molar-refractivity contribution in [2.75, 3.05) is 19.6 Å². The zero-order valence-electron chi connectivity index (χ0n) is 16.3. The van der Waals surface area contributed by atoms with Gasteiger partial charge in [-0.2, -0.15) is 0 Å². The molecule has 1 aliphatic rings. The predicted octanol–water partition coefficient (Wildman–Crippen LogP) is 1.85. The van der Waals surface area contributed by atoms with Crippen LogP contribution in [0.25, 0.3) is 0 Å². The fraction of sp³-hybridized carbons (Fsp3) is 0.579. The maximum Gasteiger partial charge on any atom is 0.306 e. The second kappa shape index (κ2) is 8.39. The number of carboxylic acid groups (broad SMARTS) is 1. The highest BCUT2D eigenvalue weighted by molar-refractivity contribution is 7.89. The second-order valence-corrected chi connectivity index (χ2v) is 9.13. The van der Waals surface area contributed by atoms with Crippen LogP contribution in [0.3, 0.4) is 0 Å². The number of aryl methyl sites for hydroxylation is 3. The lowest BCUT2D eigenvalue weighted by molar-refractivity contribution is -0.148. The monoisotopic (exact) mass is 396 g/mol. The summed E-state index contributed by atoms with van der Waals surface area (Å²) >= 11 is 0. The Labute approximate surface area is 160 Å². The zero-order chi connectivity index (χ0) is 20.4. The van der Waals surface area contributed by atoms with Crippen molar-refractivity contribution in [3.05, 3.63) is 28.8 Å². The molecular weight excluding hydrogens is 368 g/mol. The minimum absolute atomic E-state index is 0.0150. The summed E-state index contributed by atoms with van der Waals surface area (Å²) in [5.41, 5.74) is 2.35. The van der Waals surface area contributed by atoms with Crippen molar-refractivity contribution in [2.45, 2.75) is 45.4 Å². The van der Waals surface area contributed by atoms with E-state index in [0.717, 1.165) is 5.56 Å². The van der Waals surface area contributed by atoms with Crippen LogP contribution >= 0.6 is 0 Å². The van der Waals surface area contributed by atoms with Crippen molar-refractivity contribution >= 4 is 21.9 Å². The maximum atomic E-state index is 12.6. The summed E-state index contributed by atoms with van der Waals surface area (Å²) in [6.45, 7) is 8.05. The lowest BCUT2D eigenvalue weighted by atomic mass is 9.87. The van der Waals surface area contributed by atoms with Gasteiger partial charge in [-0.15, -0.1) is 0 Å². The molecule has 1 fully saturated rings. The average Bonchev–Trinajstić information content (AvgIpc) is 2.52. The van der Waals surface area contributed by atoms with E-state index in [1.54, 1.807) is 18.7 Å². The molecule has 2 N–H and O–H groups in total. The van der Waals surface area contributed by atoms with Gasteiger partial charge in [-0.05, 0) is 44.2 Å². The van der Waals surface area contributed by atoms with Crippen LogP contribution in [-0.4, -0.2) is 49.9 Å². The van der Waals surface area contributed by atoms with Crippen LogP contribution in [0.1, 0.15) is 36.5 Å². The number of aliphatic carboxylic acids is 1. The van der Waals surface area contributed by atoms with E-state index in [0.29, 0.717) is 30.6 Å². The molecule has 150 valence electrons. The maximum absolute atomic E-state index is 12.6. The molecule has 2 atom stereocenters. The topological polar surface area (TPSA) is 104 Å². The Balaban J connectivity index is 1.94. The predicted molar refractivity (Wildman–Crippen MR) is 102 cm³/mol. The van der Waals surface area contributed by atoms with Crippen molar-refractivity contribution in [3.63, 3.8) is 0 Å². The summed E-state index contributed by atoms with van der Waals surface area (Å²) in [6, 6.07) is 3.64. The highest BCUT2D eigenvalue weighted by atomic mass is 32.2. The third-order valence-corrected chi connectivity index (χ3v) is 6.85. The highest BCUT2D eigenvalue weighted by Gasteiger charge is 2.32. The molecule has 27 heavy (non-hydrogen) atoms. The SMILES string of the molecule is Cc1cc(C)c(S(=O)(=O)NCCC(=O)N2CCC(C(=O)O)C(C)C2)c(C)c1. The van der Waals surface area contributed by atoms with E-state index in [2.05, 4.69) is 4.72 Å². The largest absolute Gasteiger partial charge is 0.481 e. The number of amides is 1. The summed E-state index contributed by atoms with van der Waals surface area (Å²) < 4.78 is 27.7. The van der Waals surface area contributed by atoms with Crippen LogP contribution in [0.4, 0.5) is 0 Å². The van der Waals surface area contributed by atoms with Gasteiger partial charge >= 0.3 is 5.97 Å². The van der Waals surface area contributed by atoms with Crippen LogP contribution in [0.5, 0.6) is 0 Å². The molecule has 2 rings (SSSR count). The van der Waals surface area contributed by atoms with Crippen molar-refractivity contribution in [3.8, 4) is 0 Å². The van der Waals surface area contributed by atoms with Crippen molar-refractivity contribution in [1.82, 2.24) is 9.62 Å². The van der Waals surface area contributed by atoms with E-state index in [-0.39, 0.29) is 29.7 Å². The van der Waals surface area contributed by atoms with Crippen LogP contribution < -0.4 is 4.72 Å². The van der Waals surface area contributed by atoms with E-state index in [1.165, 1.54) is 0 Å². The molecule has 1 aliphatic heterocycles. The number of carbonyl (C=O) groups excluding carboxylic acids is 1. The molecule has 7 nitrogen and oxygen atoms in total. The Kier molecular flexibility index (Phi) is 6.64. The summed E-state index contributed by atoms with van der Waals surface area (Å²) in [5.74, 6) is -1.54. The fourth-order valence-corrected chi connectivity index (χ4v) is 5.33. The van der Waals surface area contributed by atoms with Crippen molar-refractivity contribution in [1.29, 1.82) is 0 Å². The van der Waals surface area contributed by atoms with Crippen molar-refractivity contribution in [2.24, 2.45) is 11.8 Å². The number of hydrogen-bond donors (Lipinski definition) is 2. The van der Waals surface area contributed by atoms with Gasteiger partial charge in [0.2, 0.25) is 15.9 Å². The number of nitrogens with one attached hydrogen (secondary N) is 1. The summed E-state index contributed by atoms with van der Waals surface area (Å²) in [4.78, 5) is 25.4. The Morgan fingerprint density at radius 1 is 1.22 bits per heavy atom. The first kappa shape index (κ1) is 21.4. The quantitative estimate of drug-likeness (QED) is 0.764.